The molecule has 1 aromatic carbocycles. The average molecular weight is 406 g/mol. The molecule has 9 heteroatoms. The van der Waals surface area contributed by atoms with Crippen LogP contribution >= 0.6 is 23.1 Å². The summed E-state index contributed by atoms with van der Waals surface area (Å²) in [6.07, 6.45) is 0. The zero-order valence-electron chi connectivity index (χ0n) is 15.5. The number of benzene rings is 1. The molecule has 0 saturated carbocycles. The van der Waals surface area contributed by atoms with Crippen LogP contribution in [0.25, 0.3) is 11.4 Å². The minimum Gasteiger partial charge on any atom is -0.301 e. The molecular weight excluding hydrogens is 385 g/mol. The van der Waals surface area contributed by atoms with E-state index in [1.807, 2.05) is 32.3 Å². The third kappa shape index (κ3) is 4.36. The quantitative estimate of drug-likeness (QED) is 0.613. The number of carbonyl (C=O) groups is 1. The Labute approximate surface area is 165 Å². The first-order chi connectivity index (χ1) is 12.9. The maximum absolute atomic E-state index is 14.2. The lowest BCUT2D eigenvalue weighted by Crippen LogP contribution is -2.15. The Hall–Kier alpha value is -2.26. The van der Waals surface area contributed by atoms with Gasteiger partial charge in [-0.15, -0.1) is 21.5 Å². The molecule has 0 saturated heterocycles. The monoisotopic (exact) mass is 405 g/mol. The maximum atomic E-state index is 14.2. The van der Waals surface area contributed by atoms with Gasteiger partial charge in [0.25, 0.3) is 0 Å². The molecule has 27 heavy (non-hydrogen) atoms. The second kappa shape index (κ2) is 8.18. The van der Waals surface area contributed by atoms with Crippen LogP contribution in [-0.2, 0) is 4.79 Å². The van der Waals surface area contributed by atoms with Crippen molar-refractivity contribution < 1.29 is 9.18 Å². The number of nitrogens with zero attached hydrogens (tertiary/aromatic N) is 4. The number of amides is 1. The summed E-state index contributed by atoms with van der Waals surface area (Å²) in [5, 5.41) is 12.3. The fraction of sp³-hybridized carbons (Fsp3) is 0.333. The summed E-state index contributed by atoms with van der Waals surface area (Å²) in [4.78, 5) is 17.6. The Morgan fingerprint density at radius 2 is 2.04 bits per heavy atom. The van der Waals surface area contributed by atoms with Crippen LogP contribution in [0.5, 0.6) is 0 Å². The van der Waals surface area contributed by atoms with E-state index in [9.17, 15) is 9.18 Å². The van der Waals surface area contributed by atoms with Gasteiger partial charge in [-0.25, -0.2) is 9.37 Å². The molecule has 2 heterocycles. The zero-order valence-corrected chi connectivity index (χ0v) is 17.1. The van der Waals surface area contributed by atoms with Gasteiger partial charge in [-0.1, -0.05) is 23.9 Å². The van der Waals surface area contributed by atoms with Gasteiger partial charge in [-0.05, 0) is 39.8 Å². The van der Waals surface area contributed by atoms with Crippen molar-refractivity contribution in [1.29, 1.82) is 0 Å². The Morgan fingerprint density at radius 3 is 2.67 bits per heavy atom. The van der Waals surface area contributed by atoms with Gasteiger partial charge in [0, 0.05) is 10.9 Å². The minimum absolute atomic E-state index is 0.0180. The van der Waals surface area contributed by atoms with Gasteiger partial charge in [-0.2, -0.15) is 0 Å². The number of anilines is 1. The van der Waals surface area contributed by atoms with Crippen molar-refractivity contribution in [3.63, 3.8) is 0 Å². The largest absolute Gasteiger partial charge is 0.301 e. The summed E-state index contributed by atoms with van der Waals surface area (Å²) in [6, 6.07) is 6.48. The van der Waals surface area contributed by atoms with Crippen LogP contribution in [0.3, 0.4) is 0 Å². The van der Waals surface area contributed by atoms with Crippen molar-refractivity contribution in [2.45, 2.75) is 38.9 Å². The molecule has 0 fully saturated rings. The fourth-order valence-electron chi connectivity index (χ4n) is 2.48. The van der Waals surface area contributed by atoms with Crippen LogP contribution in [0, 0.1) is 19.7 Å². The molecule has 0 spiro atoms. The average Bonchev–Trinajstić information content (AvgIpc) is 3.17. The molecule has 1 N–H and O–H groups in total. The lowest BCUT2D eigenvalue weighted by molar-refractivity contribution is -0.113. The Kier molecular flexibility index (Phi) is 5.91. The van der Waals surface area contributed by atoms with Gasteiger partial charge in [0.1, 0.15) is 5.82 Å². The highest BCUT2D eigenvalue weighted by atomic mass is 32.2. The number of thiazole rings is 1. The molecule has 1 amide bonds. The molecule has 0 aliphatic heterocycles. The zero-order chi connectivity index (χ0) is 19.6. The molecule has 0 radical (unpaired) electrons. The number of halogens is 1. The molecule has 0 aliphatic rings. The first kappa shape index (κ1) is 19.5. The molecule has 6 nitrogen and oxygen atoms in total. The fourth-order valence-corrected chi connectivity index (χ4v) is 4.18. The second-order valence-corrected chi connectivity index (χ2v) is 8.39. The van der Waals surface area contributed by atoms with E-state index in [2.05, 4.69) is 20.5 Å². The number of aromatic nitrogens is 4. The topological polar surface area (TPSA) is 72.7 Å². The van der Waals surface area contributed by atoms with Crippen LogP contribution in [-0.4, -0.2) is 31.4 Å². The Balaban J connectivity index is 1.75. The summed E-state index contributed by atoms with van der Waals surface area (Å²) >= 11 is 2.72. The number of hydrogen-bond donors (Lipinski definition) is 1. The molecule has 0 aliphatic carbocycles. The number of nitrogens with one attached hydrogen (secondary N) is 1. The van der Waals surface area contributed by atoms with E-state index >= 15 is 0 Å². The van der Waals surface area contributed by atoms with Gasteiger partial charge in [-0.3, -0.25) is 9.36 Å². The van der Waals surface area contributed by atoms with Gasteiger partial charge in [0.15, 0.2) is 16.1 Å². The molecule has 0 bridgehead atoms. The highest BCUT2D eigenvalue weighted by Gasteiger charge is 2.20. The van der Waals surface area contributed by atoms with Crippen molar-refractivity contribution >= 4 is 34.1 Å². The standard InChI is InChI=1S/C18H20FN5OS2/c1-10(2)24-16(13-7-5-6-8-14(13)19)22-23-18(24)26-9-15(25)21-17-20-11(3)12(4)27-17/h5-8,10H,9H2,1-4H3,(H,20,21,25). The maximum Gasteiger partial charge on any atom is 0.236 e. The molecule has 3 aromatic rings. The summed E-state index contributed by atoms with van der Waals surface area (Å²) in [7, 11) is 0. The van der Waals surface area contributed by atoms with Crippen LogP contribution in [0.4, 0.5) is 9.52 Å². The number of aryl methyl sites for hydroxylation is 2. The second-order valence-electron chi connectivity index (χ2n) is 6.25. The number of thioether (sulfide) groups is 1. The number of hydrogen-bond acceptors (Lipinski definition) is 6. The van der Waals surface area contributed by atoms with Crippen molar-refractivity contribution in [3.8, 4) is 11.4 Å². The van der Waals surface area contributed by atoms with Gasteiger partial charge in [0.2, 0.25) is 5.91 Å². The molecule has 3 rings (SSSR count). The molecule has 0 atom stereocenters. The highest BCUT2D eigenvalue weighted by Crippen LogP contribution is 2.29. The van der Waals surface area contributed by atoms with E-state index < -0.39 is 0 Å². The SMILES string of the molecule is Cc1nc(NC(=O)CSc2nnc(-c3ccccc3F)n2C(C)C)sc1C. The molecular formula is C18H20FN5OS2. The smallest absolute Gasteiger partial charge is 0.236 e. The first-order valence-electron chi connectivity index (χ1n) is 8.43. The van der Waals surface area contributed by atoms with Crippen LogP contribution in [0.1, 0.15) is 30.5 Å². The molecule has 142 valence electrons. The minimum atomic E-state index is -0.351. The third-order valence-electron chi connectivity index (χ3n) is 3.90. The van der Waals surface area contributed by atoms with Gasteiger partial charge < -0.3 is 5.32 Å². The summed E-state index contributed by atoms with van der Waals surface area (Å²) < 4.78 is 16.0. The normalized spacial score (nSPS) is 11.2. The summed E-state index contributed by atoms with van der Waals surface area (Å²) in [6.45, 7) is 7.82. The third-order valence-corrected chi connectivity index (χ3v) is 5.83. The Bertz CT molecular complexity index is 947. The van der Waals surface area contributed by atoms with Crippen LogP contribution in [0.15, 0.2) is 29.4 Å². The number of carbonyl (C=O) groups excluding carboxylic acids is 1. The predicted octanol–water partition coefficient (Wildman–Crippen LogP) is 4.47. The van der Waals surface area contributed by atoms with E-state index in [1.165, 1.54) is 29.2 Å². The van der Waals surface area contributed by atoms with E-state index in [1.54, 1.807) is 18.2 Å². The summed E-state index contributed by atoms with van der Waals surface area (Å²) in [5.41, 5.74) is 1.31. The lowest BCUT2D eigenvalue weighted by Gasteiger charge is -2.14. The highest BCUT2D eigenvalue weighted by molar-refractivity contribution is 7.99. The van der Waals surface area contributed by atoms with Crippen LogP contribution < -0.4 is 5.32 Å². The van der Waals surface area contributed by atoms with Gasteiger partial charge >= 0.3 is 0 Å². The van der Waals surface area contributed by atoms with Crippen molar-refractivity contribution in [2.75, 3.05) is 11.1 Å². The van der Waals surface area contributed by atoms with E-state index in [0.29, 0.717) is 21.7 Å². The van der Waals surface area contributed by atoms with Crippen molar-refractivity contribution in [3.05, 3.63) is 40.7 Å². The van der Waals surface area contributed by atoms with E-state index in [-0.39, 0.29) is 23.5 Å². The Morgan fingerprint density at radius 1 is 1.30 bits per heavy atom. The predicted molar refractivity (Wildman–Crippen MR) is 107 cm³/mol. The van der Waals surface area contributed by atoms with Crippen molar-refractivity contribution in [2.24, 2.45) is 0 Å². The molecule has 2 aromatic heterocycles. The van der Waals surface area contributed by atoms with E-state index in [4.69, 9.17) is 0 Å². The lowest BCUT2D eigenvalue weighted by atomic mass is 10.2. The molecule has 0 unspecified atom stereocenters. The number of rotatable bonds is 6. The van der Waals surface area contributed by atoms with E-state index in [0.717, 1.165) is 10.6 Å². The van der Waals surface area contributed by atoms with Crippen molar-refractivity contribution in [1.82, 2.24) is 19.7 Å². The van der Waals surface area contributed by atoms with Crippen LogP contribution in [0.2, 0.25) is 0 Å². The summed E-state index contributed by atoms with van der Waals surface area (Å²) in [5.74, 6) is 0.104. The first-order valence-corrected chi connectivity index (χ1v) is 10.2. The van der Waals surface area contributed by atoms with Gasteiger partial charge in [0.05, 0.1) is 17.0 Å².